The third-order valence-electron chi connectivity index (χ3n) is 4.36. The van der Waals surface area contributed by atoms with Crippen LogP contribution in [0.1, 0.15) is 43.4 Å². The van der Waals surface area contributed by atoms with Crippen LogP contribution in [0.15, 0.2) is 53.2 Å². The minimum absolute atomic E-state index is 0.177. The first-order valence-electron chi connectivity index (χ1n) is 8.38. The van der Waals surface area contributed by atoms with Gasteiger partial charge in [0, 0.05) is 0 Å². The minimum Gasteiger partial charge on any atom is -0.508 e. The third kappa shape index (κ3) is 3.20. The quantitative estimate of drug-likeness (QED) is 0.833. The highest BCUT2D eigenvalue weighted by Gasteiger charge is 2.30. The second-order valence-electron chi connectivity index (χ2n) is 6.59. The Bertz CT molecular complexity index is 880. The Balaban J connectivity index is 2.14. The molecule has 128 valence electrons. The van der Waals surface area contributed by atoms with Gasteiger partial charge in [-0.05, 0) is 54.7 Å². The molecule has 1 aliphatic rings. The fraction of sp³-hybridized carbons (Fsp3) is 0.238. The smallest absolute Gasteiger partial charge is 0.295 e. The maximum absolute atomic E-state index is 12.4. The number of phenolic OH excluding ortho intramolecular Hbond substituents is 1. The molecule has 0 radical (unpaired) electrons. The van der Waals surface area contributed by atoms with Gasteiger partial charge in [-0.1, -0.05) is 44.2 Å². The predicted octanol–water partition coefficient (Wildman–Crippen LogP) is 4.63. The van der Waals surface area contributed by atoms with Crippen molar-refractivity contribution in [2.45, 2.75) is 33.6 Å². The van der Waals surface area contributed by atoms with E-state index in [4.69, 9.17) is 0 Å². The van der Waals surface area contributed by atoms with Gasteiger partial charge in [-0.2, -0.15) is 4.99 Å². The molecular formula is C21H22N2O2. The van der Waals surface area contributed by atoms with Gasteiger partial charge in [-0.3, -0.25) is 9.69 Å². The molecule has 0 bridgehead atoms. The van der Waals surface area contributed by atoms with Gasteiger partial charge in [0.1, 0.15) is 17.3 Å². The molecule has 0 aromatic heterocycles. The summed E-state index contributed by atoms with van der Waals surface area (Å²) in [5.74, 6) is 0.844. The van der Waals surface area contributed by atoms with Crippen molar-refractivity contribution in [3.05, 3.63) is 64.9 Å². The topological polar surface area (TPSA) is 52.9 Å². The van der Waals surface area contributed by atoms with Crippen LogP contribution in [0.25, 0.3) is 6.08 Å². The summed E-state index contributed by atoms with van der Waals surface area (Å²) in [4.78, 5) is 18.4. The molecule has 0 spiro atoms. The van der Waals surface area contributed by atoms with Crippen LogP contribution < -0.4 is 4.90 Å². The summed E-state index contributed by atoms with van der Waals surface area (Å²) in [6.07, 6.45) is 1.85. The largest absolute Gasteiger partial charge is 0.508 e. The SMILES string of the molecule is CC1=NC(=O)C(=Cc2ccccc2)N1c1cc(C(C)C)c(O)cc1C. The van der Waals surface area contributed by atoms with E-state index in [1.165, 1.54) is 0 Å². The van der Waals surface area contributed by atoms with E-state index in [0.717, 1.165) is 22.4 Å². The van der Waals surface area contributed by atoms with Crippen molar-refractivity contribution in [1.82, 2.24) is 0 Å². The number of aryl methyl sites for hydroxylation is 1. The van der Waals surface area contributed by atoms with Crippen LogP contribution in [0.2, 0.25) is 0 Å². The molecule has 4 heteroatoms. The number of anilines is 1. The Kier molecular flexibility index (Phi) is 4.45. The molecule has 1 N–H and O–H groups in total. The molecule has 1 amide bonds. The Morgan fingerprint density at radius 1 is 1.12 bits per heavy atom. The number of benzene rings is 2. The number of aromatic hydroxyl groups is 1. The Hall–Kier alpha value is -2.88. The molecule has 1 aliphatic heterocycles. The van der Waals surface area contributed by atoms with Crippen LogP contribution in [0.5, 0.6) is 5.75 Å². The molecule has 2 aromatic carbocycles. The van der Waals surface area contributed by atoms with Gasteiger partial charge in [0.05, 0.1) is 5.69 Å². The molecule has 3 rings (SSSR count). The van der Waals surface area contributed by atoms with E-state index in [9.17, 15) is 9.90 Å². The molecule has 0 unspecified atom stereocenters. The second-order valence-corrected chi connectivity index (χ2v) is 6.59. The predicted molar refractivity (Wildman–Crippen MR) is 102 cm³/mol. The first-order chi connectivity index (χ1) is 11.9. The van der Waals surface area contributed by atoms with Gasteiger partial charge in [0.2, 0.25) is 0 Å². The highest BCUT2D eigenvalue weighted by Crippen LogP contribution is 2.36. The molecule has 25 heavy (non-hydrogen) atoms. The summed E-state index contributed by atoms with van der Waals surface area (Å²) in [6, 6.07) is 13.4. The van der Waals surface area contributed by atoms with Gasteiger partial charge in [0.25, 0.3) is 5.91 Å². The zero-order chi connectivity index (χ0) is 18.1. The number of amides is 1. The van der Waals surface area contributed by atoms with Crippen molar-refractivity contribution in [3.8, 4) is 5.75 Å². The van der Waals surface area contributed by atoms with Crippen molar-refractivity contribution in [1.29, 1.82) is 0 Å². The third-order valence-corrected chi connectivity index (χ3v) is 4.36. The molecule has 2 aromatic rings. The fourth-order valence-corrected chi connectivity index (χ4v) is 3.06. The van der Waals surface area contributed by atoms with E-state index >= 15 is 0 Å². The van der Waals surface area contributed by atoms with Crippen LogP contribution in [0.4, 0.5) is 5.69 Å². The molecule has 0 saturated carbocycles. The van der Waals surface area contributed by atoms with Crippen LogP contribution >= 0.6 is 0 Å². The first kappa shape index (κ1) is 17.0. The Labute approximate surface area is 148 Å². The molecule has 0 atom stereocenters. The van der Waals surface area contributed by atoms with Crippen LogP contribution in [0.3, 0.4) is 0 Å². The number of carbonyl (C=O) groups excluding carboxylic acids is 1. The summed E-state index contributed by atoms with van der Waals surface area (Å²) in [6.45, 7) is 7.82. The second kappa shape index (κ2) is 6.55. The number of aliphatic imine (C=N–C) groups is 1. The number of rotatable bonds is 3. The Morgan fingerprint density at radius 3 is 2.44 bits per heavy atom. The summed E-state index contributed by atoms with van der Waals surface area (Å²) >= 11 is 0. The molecule has 0 fully saturated rings. The standard InChI is InChI=1S/C21H22N2O2/c1-13(2)17-12-18(14(3)10-20(17)24)23-15(4)22-21(25)19(23)11-16-8-6-5-7-9-16/h5-13,24H,1-4H3. The van der Waals surface area contributed by atoms with E-state index in [2.05, 4.69) is 4.99 Å². The average molecular weight is 334 g/mol. The number of hydrogen-bond donors (Lipinski definition) is 1. The van der Waals surface area contributed by atoms with Gasteiger partial charge < -0.3 is 5.11 Å². The van der Waals surface area contributed by atoms with Crippen LogP contribution in [-0.2, 0) is 4.79 Å². The first-order valence-corrected chi connectivity index (χ1v) is 8.38. The summed E-state index contributed by atoms with van der Waals surface area (Å²) in [7, 11) is 0. The number of nitrogens with zero attached hydrogens (tertiary/aromatic N) is 2. The lowest BCUT2D eigenvalue weighted by Crippen LogP contribution is -2.25. The van der Waals surface area contributed by atoms with Crippen LogP contribution in [0, 0.1) is 6.92 Å². The number of carbonyl (C=O) groups is 1. The normalized spacial score (nSPS) is 16.0. The van der Waals surface area contributed by atoms with Gasteiger partial charge in [0.15, 0.2) is 0 Å². The highest BCUT2D eigenvalue weighted by molar-refractivity contribution is 6.22. The molecule has 0 aliphatic carbocycles. The Morgan fingerprint density at radius 2 is 1.80 bits per heavy atom. The van der Waals surface area contributed by atoms with Crippen molar-refractivity contribution in [2.24, 2.45) is 4.99 Å². The lowest BCUT2D eigenvalue weighted by Gasteiger charge is -2.24. The van der Waals surface area contributed by atoms with Gasteiger partial charge in [-0.25, -0.2) is 0 Å². The monoisotopic (exact) mass is 334 g/mol. The number of phenols is 1. The van der Waals surface area contributed by atoms with E-state index in [1.807, 2.05) is 75.1 Å². The summed E-state index contributed by atoms with van der Waals surface area (Å²) < 4.78 is 0. The van der Waals surface area contributed by atoms with Crippen molar-refractivity contribution >= 4 is 23.5 Å². The lowest BCUT2D eigenvalue weighted by atomic mass is 9.98. The van der Waals surface area contributed by atoms with E-state index in [0.29, 0.717) is 11.5 Å². The highest BCUT2D eigenvalue weighted by atomic mass is 16.3. The van der Waals surface area contributed by atoms with Crippen LogP contribution in [-0.4, -0.2) is 16.8 Å². The van der Waals surface area contributed by atoms with Crippen molar-refractivity contribution < 1.29 is 9.90 Å². The summed E-state index contributed by atoms with van der Waals surface area (Å²) in [5.41, 5.74) is 4.08. The van der Waals surface area contributed by atoms with Gasteiger partial charge >= 0.3 is 0 Å². The average Bonchev–Trinajstić information content (AvgIpc) is 2.82. The van der Waals surface area contributed by atoms with Crippen molar-refractivity contribution in [2.75, 3.05) is 4.90 Å². The molecule has 0 saturated heterocycles. The maximum atomic E-state index is 12.4. The molecular weight excluding hydrogens is 312 g/mol. The number of amidine groups is 1. The maximum Gasteiger partial charge on any atom is 0.295 e. The molecule has 1 heterocycles. The van der Waals surface area contributed by atoms with E-state index < -0.39 is 0 Å². The molecule has 4 nitrogen and oxygen atoms in total. The lowest BCUT2D eigenvalue weighted by molar-refractivity contribution is -0.113. The fourth-order valence-electron chi connectivity index (χ4n) is 3.06. The minimum atomic E-state index is -0.250. The zero-order valence-electron chi connectivity index (χ0n) is 14.9. The van der Waals surface area contributed by atoms with Crippen molar-refractivity contribution in [3.63, 3.8) is 0 Å². The number of hydrogen-bond acceptors (Lipinski definition) is 3. The van der Waals surface area contributed by atoms with Gasteiger partial charge in [-0.15, -0.1) is 0 Å². The summed E-state index contributed by atoms with van der Waals surface area (Å²) in [5, 5.41) is 10.2. The van der Waals surface area contributed by atoms with E-state index in [-0.39, 0.29) is 17.6 Å². The zero-order valence-corrected chi connectivity index (χ0v) is 14.9. The van der Waals surface area contributed by atoms with E-state index in [1.54, 1.807) is 6.07 Å².